The van der Waals surface area contributed by atoms with Gasteiger partial charge in [0, 0.05) is 13.1 Å². The highest BCUT2D eigenvalue weighted by molar-refractivity contribution is 7.98. The molecule has 0 atom stereocenters. The van der Waals surface area contributed by atoms with Crippen LogP contribution in [0.25, 0.3) is 0 Å². The van der Waals surface area contributed by atoms with Crippen molar-refractivity contribution >= 4 is 23.8 Å². The number of unbranched alkanes of at least 4 members (excludes halogenated alkanes) is 2. The molecule has 2 amide bonds. The lowest BCUT2D eigenvalue weighted by molar-refractivity contribution is -0.136. The van der Waals surface area contributed by atoms with Gasteiger partial charge in [-0.2, -0.15) is 11.8 Å². The van der Waals surface area contributed by atoms with E-state index in [-0.39, 0.29) is 19.0 Å². The first kappa shape index (κ1) is 15.1. The number of aliphatic carboxylic acids is 1. The number of hydrogen-bond donors (Lipinski definition) is 3. The van der Waals surface area contributed by atoms with E-state index in [9.17, 15) is 9.59 Å². The van der Waals surface area contributed by atoms with E-state index in [4.69, 9.17) is 5.11 Å². The molecule has 0 aromatic rings. The van der Waals surface area contributed by atoms with Crippen LogP contribution in [0.3, 0.4) is 0 Å². The molecule has 0 aliphatic heterocycles. The van der Waals surface area contributed by atoms with Gasteiger partial charge in [-0.25, -0.2) is 4.79 Å². The first-order chi connectivity index (χ1) is 7.66. The van der Waals surface area contributed by atoms with Crippen molar-refractivity contribution in [2.75, 3.05) is 25.1 Å². The Labute approximate surface area is 100 Å². The second kappa shape index (κ2) is 10.6. The van der Waals surface area contributed by atoms with Crippen molar-refractivity contribution in [1.29, 1.82) is 0 Å². The number of carbonyl (C=O) groups is 2. The topological polar surface area (TPSA) is 78.4 Å². The number of carboxylic acids is 1. The molecule has 0 fully saturated rings. The molecule has 94 valence electrons. The van der Waals surface area contributed by atoms with Crippen LogP contribution in [0.15, 0.2) is 0 Å². The Bertz CT molecular complexity index is 212. The van der Waals surface area contributed by atoms with Gasteiger partial charge in [-0.05, 0) is 24.9 Å². The molecule has 0 spiro atoms. The van der Waals surface area contributed by atoms with Crippen molar-refractivity contribution in [2.45, 2.75) is 25.7 Å². The zero-order valence-electron chi connectivity index (χ0n) is 9.62. The van der Waals surface area contributed by atoms with Crippen LogP contribution in [0, 0.1) is 0 Å². The first-order valence-electron chi connectivity index (χ1n) is 5.39. The summed E-state index contributed by atoms with van der Waals surface area (Å²) < 4.78 is 0. The van der Waals surface area contributed by atoms with Gasteiger partial charge in [0.1, 0.15) is 0 Å². The van der Waals surface area contributed by atoms with Crippen LogP contribution in [0.4, 0.5) is 4.79 Å². The first-order valence-corrected chi connectivity index (χ1v) is 6.78. The standard InChI is InChI=1S/C10H20N2O3S/c1-16-8-4-2-3-6-11-10(15)12-7-5-9(13)14/h2-8H2,1H3,(H,13,14)(H2,11,12,15). The Morgan fingerprint density at radius 3 is 2.44 bits per heavy atom. The minimum Gasteiger partial charge on any atom is -0.481 e. The molecule has 16 heavy (non-hydrogen) atoms. The predicted octanol–water partition coefficient (Wildman–Crippen LogP) is 1.29. The molecule has 0 heterocycles. The summed E-state index contributed by atoms with van der Waals surface area (Å²) in [5.74, 6) is 0.252. The fourth-order valence-corrected chi connectivity index (χ4v) is 1.59. The van der Waals surface area contributed by atoms with E-state index in [1.165, 1.54) is 6.42 Å². The van der Waals surface area contributed by atoms with Crippen molar-refractivity contribution in [3.8, 4) is 0 Å². The van der Waals surface area contributed by atoms with Crippen molar-refractivity contribution in [3.05, 3.63) is 0 Å². The van der Waals surface area contributed by atoms with Crippen LogP contribution in [-0.2, 0) is 4.79 Å². The third-order valence-electron chi connectivity index (χ3n) is 1.94. The third-order valence-corrected chi connectivity index (χ3v) is 2.63. The van der Waals surface area contributed by atoms with Crippen LogP contribution in [0.1, 0.15) is 25.7 Å². The molecule has 0 bridgehead atoms. The van der Waals surface area contributed by atoms with Crippen LogP contribution < -0.4 is 10.6 Å². The molecule has 0 unspecified atom stereocenters. The zero-order chi connectivity index (χ0) is 12.2. The fraction of sp³-hybridized carbons (Fsp3) is 0.800. The van der Waals surface area contributed by atoms with Gasteiger partial charge in [-0.15, -0.1) is 0 Å². The molecule has 6 heteroatoms. The van der Waals surface area contributed by atoms with E-state index < -0.39 is 5.97 Å². The van der Waals surface area contributed by atoms with Crippen molar-refractivity contribution in [1.82, 2.24) is 10.6 Å². The lowest BCUT2D eigenvalue weighted by Crippen LogP contribution is -2.37. The summed E-state index contributed by atoms with van der Waals surface area (Å²) in [6.45, 7) is 0.820. The van der Waals surface area contributed by atoms with Crippen LogP contribution in [-0.4, -0.2) is 42.2 Å². The lowest BCUT2D eigenvalue weighted by Gasteiger charge is -2.06. The van der Waals surface area contributed by atoms with Gasteiger partial charge in [-0.3, -0.25) is 4.79 Å². The summed E-state index contributed by atoms with van der Waals surface area (Å²) in [4.78, 5) is 21.3. The van der Waals surface area contributed by atoms with Gasteiger partial charge < -0.3 is 15.7 Å². The Balaban J connectivity index is 3.20. The van der Waals surface area contributed by atoms with Gasteiger partial charge in [0.2, 0.25) is 0 Å². The highest BCUT2D eigenvalue weighted by Crippen LogP contribution is 2.00. The van der Waals surface area contributed by atoms with Gasteiger partial charge in [-0.1, -0.05) is 6.42 Å². The quantitative estimate of drug-likeness (QED) is 0.537. The zero-order valence-corrected chi connectivity index (χ0v) is 10.4. The van der Waals surface area contributed by atoms with Crippen molar-refractivity contribution < 1.29 is 14.7 Å². The summed E-state index contributed by atoms with van der Waals surface area (Å²) >= 11 is 1.82. The molecule has 0 saturated heterocycles. The second-order valence-electron chi connectivity index (χ2n) is 3.38. The molecular weight excluding hydrogens is 228 g/mol. The van der Waals surface area contributed by atoms with E-state index in [0.29, 0.717) is 6.54 Å². The summed E-state index contributed by atoms with van der Waals surface area (Å²) in [5.41, 5.74) is 0. The maximum Gasteiger partial charge on any atom is 0.314 e. The normalized spacial score (nSPS) is 9.81. The summed E-state index contributed by atoms with van der Waals surface area (Å²) in [5, 5.41) is 13.5. The average molecular weight is 248 g/mol. The average Bonchev–Trinajstić information content (AvgIpc) is 2.22. The number of carboxylic acid groups (broad SMARTS) is 1. The molecule has 5 nitrogen and oxygen atoms in total. The molecule has 0 radical (unpaired) electrons. The highest BCUT2D eigenvalue weighted by Gasteiger charge is 2.00. The summed E-state index contributed by atoms with van der Waals surface area (Å²) in [6.07, 6.45) is 5.28. The van der Waals surface area contributed by atoms with E-state index in [1.54, 1.807) is 0 Å². The van der Waals surface area contributed by atoms with Gasteiger partial charge in [0.05, 0.1) is 6.42 Å². The molecule has 0 saturated carbocycles. The number of hydrogen-bond acceptors (Lipinski definition) is 3. The van der Waals surface area contributed by atoms with Crippen LogP contribution >= 0.6 is 11.8 Å². The molecular formula is C10H20N2O3S. The monoisotopic (exact) mass is 248 g/mol. The smallest absolute Gasteiger partial charge is 0.314 e. The maximum atomic E-state index is 11.1. The van der Waals surface area contributed by atoms with Crippen LogP contribution in [0.5, 0.6) is 0 Å². The van der Waals surface area contributed by atoms with Gasteiger partial charge in [0.15, 0.2) is 0 Å². The number of carbonyl (C=O) groups excluding carboxylic acids is 1. The van der Waals surface area contributed by atoms with E-state index in [1.807, 2.05) is 11.8 Å². The van der Waals surface area contributed by atoms with Gasteiger partial charge >= 0.3 is 12.0 Å². The summed E-state index contributed by atoms with van der Waals surface area (Å²) in [7, 11) is 0. The number of urea groups is 1. The molecule has 0 rings (SSSR count). The van der Waals surface area contributed by atoms with E-state index >= 15 is 0 Å². The minimum absolute atomic E-state index is 0.0405. The Morgan fingerprint density at radius 1 is 1.12 bits per heavy atom. The maximum absolute atomic E-state index is 11.1. The Hall–Kier alpha value is -0.910. The van der Waals surface area contributed by atoms with Gasteiger partial charge in [0.25, 0.3) is 0 Å². The molecule has 0 aromatic heterocycles. The third kappa shape index (κ3) is 11.2. The molecule has 0 aliphatic rings. The predicted molar refractivity (Wildman–Crippen MR) is 65.9 cm³/mol. The van der Waals surface area contributed by atoms with E-state index in [0.717, 1.165) is 18.6 Å². The minimum atomic E-state index is -0.905. The molecule has 0 aliphatic carbocycles. The Morgan fingerprint density at radius 2 is 1.81 bits per heavy atom. The van der Waals surface area contributed by atoms with Crippen molar-refractivity contribution in [2.24, 2.45) is 0 Å². The SMILES string of the molecule is CSCCCCCNC(=O)NCCC(=O)O. The number of thioether (sulfide) groups is 1. The summed E-state index contributed by atoms with van der Waals surface area (Å²) in [6, 6.07) is -0.286. The molecule has 3 N–H and O–H groups in total. The van der Waals surface area contributed by atoms with E-state index in [2.05, 4.69) is 16.9 Å². The van der Waals surface area contributed by atoms with Crippen molar-refractivity contribution in [3.63, 3.8) is 0 Å². The van der Waals surface area contributed by atoms with Crippen LogP contribution in [0.2, 0.25) is 0 Å². The number of nitrogens with one attached hydrogen (secondary N) is 2. The lowest BCUT2D eigenvalue weighted by atomic mass is 10.2. The number of rotatable bonds is 9. The number of amides is 2. The largest absolute Gasteiger partial charge is 0.481 e. The highest BCUT2D eigenvalue weighted by atomic mass is 32.2. The molecule has 0 aromatic carbocycles. The Kier molecular flexibility index (Phi) is 10.00. The second-order valence-corrected chi connectivity index (χ2v) is 4.37. The fourth-order valence-electron chi connectivity index (χ4n) is 1.10.